The lowest BCUT2D eigenvalue weighted by molar-refractivity contribution is 0.0897. The Morgan fingerprint density at radius 2 is 2.00 bits per heavy atom. The average Bonchev–Trinajstić information content (AvgIpc) is 3.05. The van der Waals surface area contributed by atoms with E-state index in [9.17, 15) is 13.2 Å². The molecule has 1 unspecified atom stereocenters. The van der Waals surface area contributed by atoms with Gasteiger partial charge in [0.2, 0.25) is 5.09 Å². The van der Waals surface area contributed by atoms with E-state index in [0.29, 0.717) is 12.4 Å². The van der Waals surface area contributed by atoms with Gasteiger partial charge in [-0.1, -0.05) is 18.2 Å². The summed E-state index contributed by atoms with van der Waals surface area (Å²) >= 11 is 0. The topological polar surface area (TPSA) is 112 Å². The van der Waals surface area contributed by atoms with Gasteiger partial charge in [0.1, 0.15) is 12.4 Å². The first kappa shape index (κ1) is 13.7. The van der Waals surface area contributed by atoms with Crippen LogP contribution >= 0.6 is 0 Å². The molecular weight excluding hydrogens is 296 g/mol. The van der Waals surface area contributed by atoms with Crippen molar-refractivity contribution in [1.29, 1.82) is 0 Å². The molecule has 0 spiro atoms. The van der Waals surface area contributed by atoms with Crippen LogP contribution in [-0.4, -0.2) is 20.9 Å². The molecule has 3 N–H and O–H groups in total. The number of carbonyl (C=O) groups excluding carboxylic acids is 1. The highest BCUT2D eigenvalue weighted by atomic mass is 32.2. The van der Waals surface area contributed by atoms with Crippen LogP contribution in [0, 0.1) is 0 Å². The van der Waals surface area contributed by atoms with E-state index in [-0.39, 0.29) is 11.8 Å². The molecule has 2 aromatic rings. The number of nitrogens with two attached hydrogens (primary N) is 1. The van der Waals surface area contributed by atoms with E-state index in [2.05, 4.69) is 5.32 Å². The number of amides is 1. The Morgan fingerprint density at radius 3 is 2.71 bits per heavy atom. The highest BCUT2D eigenvalue weighted by Crippen LogP contribution is 2.31. The van der Waals surface area contributed by atoms with Crippen LogP contribution in [0.15, 0.2) is 45.9 Å². The fourth-order valence-corrected chi connectivity index (χ4v) is 2.57. The summed E-state index contributed by atoms with van der Waals surface area (Å²) in [4.78, 5) is 12.1. The number of ether oxygens (including phenoxy) is 1. The third-order valence-electron chi connectivity index (χ3n) is 3.09. The number of hydrogen-bond acceptors (Lipinski definition) is 5. The van der Waals surface area contributed by atoms with Crippen LogP contribution in [0.2, 0.25) is 0 Å². The highest BCUT2D eigenvalue weighted by Gasteiger charge is 2.27. The van der Waals surface area contributed by atoms with Crippen molar-refractivity contribution in [2.75, 3.05) is 6.61 Å². The summed E-state index contributed by atoms with van der Waals surface area (Å²) in [6.07, 6.45) is 0. The fourth-order valence-electron chi connectivity index (χ4n) is 2.11. The van der Waals surface area contributed by atoms with Gasteiger partial charge in [-0.3, -0.25) is 4.79 Å². The zero-order chi connectivity index (χ0) is 15.0. The Balaban J connectivity index is 1.78. The molecule has 0 saturated carbocycles. The third-order valence-corrected chi connectivity index (χ3v) is 3.87. The van der Waals surface area contributed by atoms with Crippen LogP contribution in [0.25, 0.3) is 0 Å². The zero-order valence-electron chi connectivity index (χ0n) is 10.8. The van der Waals surface area contributed by atoms with Crippen molar-refractivity contribution in [1.82, 2.24) is 5.32 Å². The lowest BCUT2D eigenvalue weighted by Gasteiger charge is -2.10. The molecule has 21 heavy (non-hydrogen) atoms. The molecule has 0 saturated heterocycles. The number of benzene rings is 1. The average molecular weight is 308 g/mol. The molecule has 7 nitrogen and oxygen atoms in total. The van der Waals surface area contributed by atoms with E-state index in [1.807, 2.05) is 24.3 Å². The van der Waals surface area contributed by atoms with Crippen LogP contribution < -0.4 is 15.2 Å². The number of fused-ring (bicyclic) bond motifs is 1. The first-order valence-electron chi connectivity index (χ1n) is 6.10. The summed E-state index contributed by atoms with van der Waals surface area (Å²) in [5.41, 5.74) is 0.865. The number of furan rings is 1. The highest BCUT2D eigenvalue weighted by molar-refractivity contribution is 7.89. The molecule has 1 aliphatic rings. The maximum Gasteiger partial charge on any atom is 0.287 e. The summed E-state index contributed by atoms with van der Waals surface area (Å²) < 4.78 is 32.6. The lowest BCUT2D eigenvalue weighted by Crippen LogP contribution is -2.29. The quantitative estimate of drug-likeness (QED) is 0.870. The molecule has 3 rings (SSSR count). The summed E-state index contributed by atoms with van der Waals surface area (Å²) in [7, 11) is -3.96. The van der Waals surface area contributed by atoms with E-state index in [1.165, 1.54) is 6.07 Å². The molecule has 0 bridgehead atoms. The molecule has 0 radical (unpaired) electrons. The van der Waals surface area contributed by atoms with Crippen LogP contribution in [0.4, 0.5) is 0 Å². The van der Waals surface area contributed by atoms with E-state index >= 15 is 0 Å². The normalized spacial score (nSPS) is 17.1. The van der Waals surface area contributed by atoms with E-state index < -0.39 is 21.0 Å². The van der Waals surface area contributed by atoms with E-state index in [4.69, 9.17) is 14.3 Å². The zero-order valence-corrected chi connectivity index (χ0v) is 11.6. The molecule has 1 aromatic carbocycles. The molecule has 110 valence electrons. The number of primary sulfonamides is 1. The number of hydrogen-bond donors (Lipinski definition) is 2. The smallest absolute Gasteiger partial charge is 0.287 e. The Kier molecular flexibility index (Phi) is 3.19. The van der Waals surface area contributed by atoms with Gasteiger partial charge in [-0.15, -0.1) is 0 Å². The number of nitrogens with one attached hydrogen (secondary N) is 1. The molecule has 1 atom stereocenters. The lowest BCUT2D eigenvalue weighted by atomic mass is 10.1. The van der Waals surface area contributed by atoms with Gasteiger partial charge in [0.25, 0.3) is 15.9 Å². The Morgan fingerprint density at radius 1 is 1.24 bits per heavy atom. The SMILES string of the molecule is NS(=O)(=O)c1ccc(C(=O)NC2COc3ccccc32)o1. The standard InChI is InChI=1S/C13H12N2O5S/c14-21(17,18)12-6-5-11(20-12)13(16)15-9-7-19-10-4-2-1-3-8(9)10/h1-6,9H,7H2,(H,15,16)(H2,14,17,18). The van der Waals surface area contributed by atoms with Crippen LogP contribution in [0.5, 0.6) is 5.75 Å². The molecule has 1 aromatic heterocycles. The predicted molar refractivity (Wildman–Crippen MR) is 72.2 cm³/mol. The molecular formula is C13H12N2O5S. The van der Waals surface area contributed by atoms with E-state index in [1.54, 1.807) is 0 Å². The second-order valence-corrected chi connectivity index (χ2v) is 6.03. The van der Waals surface area contributed by atoms with Crippen molar-refractivity contribution >= 4 is 15.9 Å². The first-order valence-corrected chi connectivity index (χ1v) is 7.65. The summed E-state index contributed by atoms with van der Waals surface area (Å²) in [6.45, 7) is 0.313. The van der Waals surface area contributed by atoms with Crippen molar-refractivity contribution in [2.45, 2.75) is 11.1 Å². The molecule has 1 aliphatic heterocycles. The maximum atomic E-state index is 12.1. The number of rotatable bonds is 3. The first-order chi connectivity index (χ1) is 9.95. The minimum atomic E-state index is -3.96. The summed E-state index contributed by atoms with van der Waals surface area (Å²) in [5, 5.41) is 7.20. The molecule has 0 fully saturated rings. The largest absolute Gasteiger partial charge is 0.491 e. The van der Waals surface area contributed by atoms with Gasteiger partial charge in [-0.25, -0.2) is 13.6 Å². The Hall–Kier alpha value is -2.32. The van der Waals surface area contributed by atoms with Gasteiger partial charge in [0, 0.05) is 5.56 Å². The van der Waals surface area contributed by atoms with Gasteiger partial charge in [-0.2, -0.15) is 0 Å². The monoisotopic (exact) mass is 308 g/mol. The van der Waals surface area contributed by atoms with Crippen molar-refractivity contribution < 1.29 is 22.4 Å². The van der Waals surface area contributed by atoms with Crippen LogP contribution in [0.1, 0.15) is 22.2 Å². The van der Waals surface area contributed by atoms with Crippen molar-refractivity contribution in [3.05, 3.63) is 47.7 Å². The number of para-hydroxylation sites is 1. The summed E-state index contributed by atoms with van der Waals surface area (Å²) in [5.74, 6) is 0.0612. The molecule has 0 aliphatic carbocycles. The maximum absolute atomic E-state index is 12.1. The van der Waals surface area contributed by atoms with Crippen molar-refractivity contribution in [3.8, 4) is 5.75 Å². The summed E-state index contributed by atoms with van der Waals surface area (Å²) in [6, 6.07) is 9.45. The van der Waals surface area contributed by atoms with Crippen LogP contribution in [0.3, 0.4) is 0 Å². The second kappa shape index (κ2) is 4.90. The third kappa shape index (κ3) is 2.63. The minimum absolute atomic E-state index is 0.122. The number of sulfonamides is 1. The van der Waals surface area contributed by atoms with Crippen molar-refractivity contribution in [2.24, 2.45) is 5.14 Å². The van der Waals surface area contributed by atoms with Crippen molar-refractivity contribution in [3.63, 3.8) is 0 Å². The fraction of sp³-hybridized carbons (Fsp3) is 0.154. The van der Waals surface area contributed by atoms with Gasteiger partial charge < -0.3 is 14.5 Å². The Labute approximate surface area is 120 Å². The molecule has 2 heterocycles. The van der Waals surface area contributed by atoms with E-state index in [0.717, 1.165) is 11.6 Å². The van der Waals surface area contributed by atoms with Crippen LogP contribution in [-0.2, 0) is 10.0 Å². The molecule has 1 amide bonds. The molecule has 8 heteroatoms. The second-order valence-electron chi connectivity index (χ2n) is 4.54. The minimum Gasteiger partial charge on any atom is -0.491 e. The van der Waals surface area contributed by atoms with Gasteiger partial charge in [0.15, 0.2) is 5.76 Å². The van der Waals surface area contributed by atoms with Gasteiger partial charge in [0.05, 0.1) is 6.04 Å². The number of carbonyl (C=O) groups is 1. The van der Waals surface area contributed by atoms with Gasteiger partial charge in [-0.05, 0) is 18.2 Å². The predicted octanol–water partition coefficient (Wildman–Crippen LogP) is 0.790. The van der Waals surface area contributed by atoms with Gasteiger partial charge >= 0.3 is 0 Å². The Bertz CT molecular complexity index is 796.